The number of quaternary nitrogens is 1. The molecule has 0 unspecified atom stereocenters. The van der Waals surface area contributed by atoms with Crippen LogP contribution in [0.15, 0.2) is 40.8 Å². The fourth-order valence-electron chi connectivity index (χ4n) is 3.07. The van der Waals surface area contributed by atoms with Crippen molar-refractivity contribution in [2.75, 3.05) is 0 Å². The van der Waals surface area contributed by atoms with Crippen LogP contribution in [0.3, 0.4) is 0 Å². The fourth-order valence-corrected chi connectivity index (χ4v) is 3.20. The second-order valence-corrected chi connectivity index (χ2v) is 8.34. The van der Waals surface area contributed by atoms with Gasteiger partial charge in [-0.3, -0.25) is 0 Å². The van der Waals surface area contributed by atoms with Gasteiger partial charge in [-0.1, -0.05) is 32.4 Å². The van der Waals surface area contributed by atoms with E-state index in [-0.39, 0.29) is 5.54 Å². The minimum absolute atomic E-state index is 0.200. The first kappa shape index (κ1) is 17.1. The van der Waals surface area contributed by atoms with E-state index in [1.54, 1.807) is 0 Å². The monoisotopic (exact) mass is 320 g/mol. The van der Waals surface area contributed by atoms with Gasteiger partial charge in [-0.05, 0) is 55.7 Å². The third kappa shape index (κ3) is 5.19. The fraction of sp³-hybridized carbons (Fsp3) is 0.474. The van der Waals surface area contributed by atoms with Crippen LogP contribution in [0, 0.1) is 5.41 Å². The Morgan fingerprint density at radius 3 is 2.18 bits per heavy atom. The second-order valence-electron chi connectivity index (χ2n) is 7.91. The lowest BCUT2D eigenvalue weighted by Crippen LogP contribution is -2.94. The highest BCUT2D eigenvalue weighted by molar-refractivity contribution is 6.30. The summed E-state index contributed by atoms with van der Waals surface area (Å²) >= 11 is 5.92. The van der Waals surface area contributed by atoms with Crippen LogP contribution in [-0.4, -0.2) is 5.54 Å². The van der Waals surface area contributed by atoms with Crippen molar-refractivity contribution < 1.29 is 9.73 Å². The highest BCUT2D eigenvalue weighted by Gasteiger charge is 2.28. The van der Waals surface area contributed by atoms with E-state index in [1.807, 2.05) is 30.3 Å². The molecule has 0 saturated carbocycles. The number of hydrogen-bond acceptors (Lipinski definition) is 1. The Morgan fingerprint density at radius 2 is 1.59 bits per heavy atom. The molecule has 120 valence electrons. The number of halogens is 1. The zero-order valence-electron chi connectivity index (χ0n) is 14.2. The van der Waals surface area contributed by atoms with Crippen molar-refractivity contribution in [3.63, 3.8) is 0 Å². The van der Waals surface area contributed by atoms with Gasteiger partial charge in [-0.2, -0.15) is 0 Å². The van der Waals surface area contributed by atoms with Gasteiger partial charge in [0.25, 0.3) is 0 Å². The molecule has 22 heavy (non-hydrogen) atoms. The quantitative estimate of drug-likeness (QED) is 0.836. The van der Waals surface area contributed by atoms with Crippen molar-refractivity contribution in [2.45, 2.75) is 53.1 Å². The van der Waals surface area contributed by atoms with Gasteiger partial charge in [-0.15, -0.1) is 0 Å². The molecule has 0 radical (unpaired) electrons. The van der Waals surface area contributed by atoms with Crippen LogP contribution in [0.25, 0.3) is 11.3 Å². The summed E-state index contributed by atoms with van der Waals surface area (Å²) < 4.78 is 5.96. The third-order valence-electron chi connectivity index (χ3n) is 3.63. The number of benzene rings is 1. The number of hydrogen-bond donors (Lipinski definition) is 1. The van der Waals surface area contributed by atoms with Crippen molar-refractivity contribution in [1.29, 1.82) is 0 Å². The van der Waals surface area contributed by atoms with E-state index >= 15 is 0 Å². The summed E-state index contributed by atoms with van der Waals surface area (Å²) in [5.41, 5.74) is 1.59. The third-order valence-corrected chi connectivity index (χ3v) is 3.88. The summed E-state index contributed by atoms with van der Waals surface area (Å²) in [5.74, 6) is 1.90. The summed E-state index contributed by atoms with van der Waals surface area (Å²) in [6.07, 6.45) is 1.16. The highest BCUT2D eigenvalue weighted by Crippen LogP contribution is 2.25. The molecule has 0 saturated heterocycles. The Hall–Kier alpha value is -1.25. The molecule has 0 aliphatic rings. The minimum Gasteiger partial charge on any atom is -0.455 e. The minimum atomic E-state index is 0.200. The predicted octanol–water partition coefficient (Wildman–Crippen LogP) is 4.88. The highest BCUT2D eigenvalue weighted by atomic mass is 35.5. The van der Waals surface area contributed by atoms with Gasteiger partial charge in [0.15, 0.2) is 5.76 Å². The standard InChI is InChI=1S/C19H26ClNO/c1-18(2,3)13-19(4,5)21-12-16-10-11-17(22-16)14-6-8-15(20)9-7-14/h6-11,21H,12-13H2,1-5H3/p+1. The molecule has 1 heterocycles. The Labute approximate surface area is 138 Å². The topological polar surface area (TPSA) is 29.8 Å². The lowest BCUT2D eigenvalue weighted by molar-refractivity contribution is -0.738. The van der Waals surface area contributed by atoms with Gasteiger partial charge in [-0.25, -0.2) is 0 Å². The lowest BCUT2D eigenvalue weighted by Gasteiger charge is -2.30. The average Bonchev–Trinajstić information content (AvgIpc) is 2.83. The molecule has 0 bridgehead atoms. The molecule has 1 aromatic heterocycles. The maximum Gasteiger partial charge on any atom is 0.158 e. The van der Waals surface area contributed by atoms with Crippen LogP contribution in [0.4, 0.5) is 0 Å². The van der Waals surface area contributed by atoms with Crippen molar-refractivity contribution in [3.8, 4) is 11.3 Å². The SMILES string of the molecule is CC(C)(C)CC(C)(C)[NH2+]Cc1ccc(-c2ccc(Cl)cc2)o1. The van der Waals surface area contributed by atoms with Gasteiger partial charge in [0, 0.05) is 17.0 Å². The maximum atomic E-state index is 5.96. The summed E-state index contributed by atoms with van der Waals surface area (Å²) in [4.78, 5) is 0. The van der Waals surface area contributed by atoms with Crippen LogP contribution in [0.1, 0.15) is 46.8 Å². The van der Waals surface area contributed by atoms with Crippen LogP contribution in [-0.2, 0) is 6.54 Å². The second kappa shape index (κ2) is 6.47. The van der Waals surface area contributed by atoms with Crippen LogP contribution in [0.5, 0.6) is 0 Å². The zero-order chi connectivity index (χ0) is 16.4. The van der Waals surface area contributed by atoms with E-state index < -0.39 is 0 Å². The summed E-state index contributed by atoms with van der Waals surface area (Å²) in [6.45, 7) is 12.3. The van der Waals surface area contributed by atoms with E-state index in [0.29, 0.717) is 5.41 Å². The van der Waals surface area contributed by atoms with Gasteiger partial charge in [0.2, 0.25) is 0 Å². The van der Waals surface area contributed by atoms with Gasteiger partial charge < -0.3 is 9.73 Å². The first-order valence-corrected chi connectivity index (χ1v) is 8.21. The molecule has 0 aliphatic heterocycles. The van der Waals surface area contributed by atoms with E-state index in [1.165, 1.54) is 0 Å². The Kier molecular flexibility index (Phi) is 5.03. The van der Waals surface area contributed by atoms with Gasteiger partial charge in [0.05, 0.1) is 5.54 Å². The lowest BCUT2D eigenvalue weighted by atomic mass is 9.82. The molecule has 0 atom stereocenters. The van der Waals surface area contributed by atoms with Crippen molar-refractivity contribution in [1.82, 2.24) is 0 Å². The van der Waals surface area contributed by atoms with Crippen LogP contribution < -0.4 is 5.32 Å². The molecule has 0 amide bonds. The Balaban J connectivity index is 1.99. The molecule has 1 aromatic carbocycles. The largest absolute Gasteiger partial charge is 0.455 e. The van der Waals surface area contributed by atoms with Gasteiger partial charge >= 0.3 is 0 Å². The molecular formula is C19H27ClNO+. The maximum absolute atomic E-state index is 5.96. The molecule has 0 spiro atoms. The number of nitrogens with two attached hydrogens (primary N) is 1. The summed E-state index contributed by atoms with van der Waals surface area (Å²) in [5, 5.41) is 3.11. The molecule has 0 fully saturated rings. The molecule has 3 heteroatoms. The first-order chi connectivity index (χ1) is 10.1. The van der Waals surface area contributed by atoms with E-state index in [0.717, 1.165) is 35.1 Å². The smallest absolute Gasteiger partial charge is 0.158 e. The molecule has 2 nitrogen and oxygen atoms in total. The summed E-state index contributed by atoms with van der Waals surface area (Å²) in [7, 11) is 0. The summed E-state index contributed by atoms with van der Waals surface area (Å²) in [6, 6.07) is 11.8. The molecular weight excluding hydrogens is 294 g/mol. The van der Waals surface area contributed by atoms with Crippen molar-refractivity contribution in [3.05, 3.63) is 47.2 Å². The van der Waals surface area contributed by atoms with E-state index in [2.05, 4.69) is 46.0 Å². The van der Waals surface area contributed by atoms with E-state index in [4.69, 9.17) is 16.0 Å². The zero-order valence-corrected chi connectivity index (χ0v) is 15.0. The molecule has 2 rings (SSSR count). The van der Waals surface area contributed by atoms with Crippen molar-refractivity contribution in [2.24, 2.45) is 5.41 Å². The first-order valence-electron chi connectivity index (χ1n) is 7.84. The van der Waals surface area contributed by atoms with E-state index in [9.17, 15) is 0 Å². The Morgan fingerprint density at radius 1 is 0.955 bits per heavy atom. The van der Waals surface area contributed by atoms with Gasteiger partial charge in [0.1, 0.15) is 12.3 Å². The van der Waals surface area contributed by atoms with Crippen LogP contribution >= 0.6 is 11.6 Å². The number of rotatable bonds is 5. The normalized spacial score (nSPS) is 12.6. The molecule has 0 aliphatic carbocycles. The van der Waals surface area contributed by atoms with Crippen LogP contribution in [0.2, 0.25) is 5.02 Å². The van der Waals surface area contributed by atoms with Crippen molar-refractivity contribution >= 4 is 11.6 Å². The number of furan rings is 1. The molecule has 2 aromatic rings. The Bertz CT molecular complexity index is 605. The predicted molar refractivity (Wildman–Crippen MR) is 92.9 cm³/mol. The molecule has 2 N–H and O–H groups in total. The average molecular weight is 321 g/mol.